The fraction of sp³-hybridized carbons (Fsp3) is 0.0625. The number of aryl methyl sites for hydroxylation is 1. The number of carbonyl (C=O) groups excluding carboxylic acids is 1. The first-order chi connectivity index (χ1) is 10.9. The molecule has 0 amide bonds. The first-order valence-corrected chi connectivity index (χ1v) is 6.53. The van der Waals surface area contributed by atoms with Crippen molar-refractivity contribution in [2.45, 2.75) is 6.92 Å². The highest BCUT2D eigenvalue weighted by Gasteiger charge is 2.25. The molecule has 3 rings (SSSR count). The molecule has 0 aliphatic rings. The summed E-state index contributed by atoms with van der Waals surface area (Å²) in [6, 6.07) is 4.34. The largest absolute Gasteiger partial charge is 0.505 e. The van der Waals surface area contributed by atoms with Gasteiger partial charge < -0.3 is 5.11 Å². The highest BCUT2D eigenvalue weighted by Crippen LogP contribution is 2.27. The van der Waals surface area contributed by atoms with Gasteiger partial charge in [-0.1, -0.05) is 0 Å². The lowest BCUT2D eigenvalue weighted by molar-refractivity contribution is 0.102. The molecular formula is C16H9F3N2O2. The van der Waals surface area contributed by atoms with E-state index in [4.69, 9.17) is 0 Å². The van der Waals surface area contributed by atoms with Crippen molar-refractivity contribution in [3.8, 4) is 5.75 Å². The van der Waals surface area contributed by atoms with Crippen LogP contribution in [-0.2, 0) is 0 Å². The Labute approximate surface area is 128 Å². The summed E-state index contributed by atoms with van der Waals surface area (Å²) in [5.41, 5.74) is 0.206. The average molecular weight is 318 g/mol. The number of aromatic hydroxyl groups is 1. The van der Waals surface area contributed by atoms with Gasteiger partial charge in [0.05, 0.1) is 16.7 Å². The zero-order valence-electron chi connectivity index (χ0n) is 11.8. The van der Waals surface area contributed by atoms with E-state index in [0.29, 0.717) is 16.7 Å². The zero-order valence-corrected chi connectivity index (χ0v) is 11.8. The molecule has 2 aromatic carbocycles. The fourth-order valence-electron chi connectivity index (χ4n) is 2.18. The van der Waals surface area contributed by atoms with E-state index < -0.39 is 34.5 Å². The Morgan fingerprint density at radius 3 is 2.57 bits per heavy atom. The number of fused-ring (bicyclic) bond motifs is 1. The van der Waals surface area contributed by atoms with Crippen molar-refractivity contribution in [2.24, 2.45) is 0 Å². The van der Waals surface area contributed by atoms with Crippen LogP contribution in [0, 0.1) is 24.4 Å². The monoisotopic (exact) mass is 318 g/mol. The molecule has 116 valence electrons. The third kappa shape index (κ3) is 2.50. The molecule has 0 spiro atoms. The molecule has 0 atom stereocenters. The normalized spacial score (nSPS) is 11.0. The number of ketones is 1. The van der Waals surface area contributed by atoms with E-state index >= 15 is 0 Å². The van der Waals surface area contributed by atoms with E-state index in [2.05, 4.69) is 9.97 Å². The van der Waals surface area contributed by atoms with Gasteiger partial charge in [-0.2, -0.15) is 0 Å². The number of hydrogen-bond donors (Lipinski definition) is 1. The van der Waals surface area contributed by atoms with Gasteiger partial charge in [-0.3, -0.25) is 9.78 Å². The standard InChI is InChI=1S/C16H9F3N2O2/c1-7-6-20-10-3-2-8(4-11(10)21-7)16(23)13-14(18)9(17)5-12(22)15(13)19/h2-6,22H,1H3. The van der Waals surface area contributed by atoms with E-state index in [9.17, 15) is 23.1 Å². The lowest BCUT2D eigenvalue weighted by atomic mass is 10.0. The Hall–Kier alpha value is -2.96. The van der Waals surface area contributed by atoms with Gasteiger partial charge in [0.15, 0.2) is 29.0 Å². The van der Waals surface area contributed by atoms with Gasteiger partial charge in [-0.15, -0.1) is 0 Å². The van der Waals surface area contributed by atoms with Crippen LogP contribution in [-0.4, -0.2) is 20.9 Å². The molecule has 23 heavy (non-hydrogen) atoms. The Morgan fingerprint density at radius 1 is 1.09 bits per heavy atom. The number of hydrogen-bond acceptors (Lipinski definition) is 4. The van der Waals surface area contributed by atoms with Crippen LogP contribution in [0.15, 0.2) is 30.5 Å². The van der Waals surface area contributed by atoms with Crippen LogP contribution in [0.4, 0.5) is 13.2 Å². The number of phenols is 1. The number of nitrogens with zero attached hydrogens (tertiary/aromatic N) is 2. The number of halogens is 3. The van der Waals surface area contributed by atoms with Gasteiger partial charge in [0.25, 0.3) is 0 Å². The molecule has 1 heterocycles. The van der Waals surface area contributed by atoms with Gasteiger partial charge in [-0.25, -0.2) is 18.2 Å². The summed E-state index contributed by atoms with van der Waals surface area (Å²) in [6.45, 7) is 1.70. The maximum atomic E-state index is 13.9. The number of aromatic nitrogens is 2. The lowest BCUT2D eigenvalue weighted by Gasteiger charge is -2.07. The minimum absolute atomic E-state index is 0.0970. The number of carbonyl (C=O) groups is 1. The minimum Gasteiger partial charge on any atom is -0.505 e. The molecule has 0 saturated carbocycles. The molecule has 0 aliphatic heterocycles. The maximum Gasteiger partial charge on any atom is 0.199 e. The van der Waals surface area contributed by atoms with E-state index in [1.165, 1.54) is 24.4 Å². The van der Waals surface area contributed by atoms with Crippen molar-refractivity contribution in [2.75, 3.05) is 0 Å². The van der Waals surface area contributed by atoms with Crippen molar-refractivity contribution in [3.63, 3.8) is 0 Å². The predicted octanol–water partition coefficient (Wildman–Crippen LogP) is 3.29. The minimum atomic E-state index is -1.65. The van der Waals surface area contributed by atoms with E-state index in [0.717, 1.165) is 0 Å². The number of rotatable bonds is 2. The smallest absolute Gasteiger partial charge is 0.199 e. The average Bonchev–Trinajstić information content (AvgIpc) is 2.52. The maximum absolute atomic E-state index is 13.9. The quantitative estimate of drug-likeness (QED) is 0.582. The summed E-state index contributed by atoms with van der Waals surface area (Å²) in [5, 5.41) is 9.25. The first kappa shape index (κ1) is 15.0. The lowest BCUT2D eigenvalue weighted by Crippen LogP contribution is -2.10. The zero-order chi connectivity index (χ0) is 16.7. The second-order valence-corrected chi connectivity index (χ2v) is 4.92. The highest BCUT2D eigenvalue weighted by atomic mass is 19.2. The van der Waals surface area contributed by atoms with Crippen LogP contribution >= 0.6 is 0 Å². The Kier molecular flexibility index (Phi) is 3.48. The highest BCUT2D eigenvalue weighted by molar-refractivity contribution is 6.10. The van der Waals surface area contributed by atoms with E-state index in [1.807, 2.05) is 0 Å². The van der Waals surface area contributed by atoms with Gasteiger partial charge in [0.2, 0.25) is 0 Å². The molecule has 0 fully saturated rings. The van der Waals surface area contributed by atoms with Crippen molar-refractivity contribution >= 4 is 16.8 Å². The summed E-state index contributed by atoms with van der Waals surface area (Å²) < 4.78 is 41.0. The van der Waals surface area contributed by atoms with Crippen LogP contribution < -0.4 is 0 Å². The topological polar surface area (TPSA) is 63.1 Å². The number of benzene rings is 2. The Balaban J connectivity index is 2.18. The molecule has 0 unspecified atom stereocenters. The Bertz CT molecular complexity index is 931. The van der Waals surface area contributed by atoms with Gasteiger partial charge >= 0.3 is 0 Å². The van der Waals surface area contributed by atoms with Gasteiger partial charge in [0, 0.05) is 17.8 Å². The molecule has 3 aromatic rings. The second-order valence-electron chi connectivity index (χ2n) is 4.92. The van der Waals surface area contributed by atoms with Crippen LogP contribution in [0.3, 0.4) is 0 Å². The SMILES string of the molecule is Cc1cnc2ccc(C(=O)c3c(F)c(O)cc(F)c3F)cc2n1. The Morgan fingerprint density at radius 2 is 1.83 bits per heavy atom. The van der Waals surface area contributed by atoms with Crippen molar-refractivity contribution in [3.05, 3.63) is 64.7 Å². The molecule has 7 heteroatoms. The molecule has 1 N–H and O–H groups in total. The van der Waals surface area contributed by atoms with Crippen LogP contribution in [0.1, 0.15) is 21.6 Å². The van der Waals surface area contributed by atoms with Crippen molar-refractivity contribution in [1.82, 2.24) is 9.97 Å². The molecule has 1 aromatic heterocycles. The first-order valence-electron chi connectivity index (χ1n) is 6.53. The summed E-state index contributed by atoms with van der Waals surface area (Å²) in [6.07, 6.45) is 1.54. The molecule has 0 radical (unpaired) electrons. The van der Waals surface area contributed by atoms with Gasteiger partial charge in [0.1, 0.15) is 5.56 Å². The molecule has 0 aliphatic carbocycles. The molecule has 4 nitrogen and oxygen atoms in total. The summed E-state index contributed by atoms with van der Waals surface area (Å²) in [4.78, 5) is 20.6. The molecular weight excluding hydrogens is 309 g/mol. The second kappa shape index (κ2) is 5.35. The third-order valence-corrected chi connectivity index (χ3v) is 3.29. The van der Waals surface area contributed by atoms with E-state index in [1.54, 1.807) is 6.92 Å². The molecule has 0 saturated heterocycles. The van der Waals surface area contributed by atoms with E-state index in [-0.39, 0.29) is 11.6 Å². The fourth-order valence-corrected chi connectivity index (χ4v) is 2.18. The predicted molar refractivity (Wildman–Crippen MR) is 75.7 cm³/mol. The summed E-state index contributed by atoms with van der Waals surface area (Å²) in [5.74, 6) is -6.91. The summed E-state index contributed by atoms with van der Waals surface area (Å²) >= 11 is 0. The molecule has 0 bridgehead atoms. The van der Waals surface area contributed by atoms with Crippen LogP contribution in [0.5, 0.6) is 5.75 Å². The number of phenolic OH excluding ortho intramolecular Hbond substituents is 1. The van der Waals surface area contributed by atoms with Crippen LogP contribution in [0.25, 0.3) is 11.0 Å². The van der Waals surface area contributed by atoms with Crippen LogP contribution in [0.2, 0.25) is 0 Å². The van der Waals surface area contributed by atoms with Crippen molar-refractivity contribution < 1.29 is 23.1 Å². The summed E-state index contributed by atoms with van der Waals surface area (Å²) in [7, 11) is 0. The third-order valence-electron chi connectivity index (χ3n) is 3.29. The van der Waals surface area contributed by atoms with Gasteiger partial charge in [-0.05, 0) is 25.1 Å². The van der Waals surface area contributed by atoms with Crippen molar-refractivity contribution in [1.29, 1.82) is 0 Å².